The molecule has 0 radical (unpaired) electrons. The Morgan fingerprint density at radius 1 is 1.12 bits per heavy atom. The molecule has 2 atom stereocenters. The highest BCUT2D eigenvalue weighted by atomic mass is 32.2. The molecule has 34 heavy (non-hydrogen) atoms. The summed E-state index contributed by atoms with van der Waals surface area (Å²) in [5.74, 6) is 0.0847. The van der Waals surface area contributed by atoms with Crippen LogP contribution in [0.1, 0.15) is 11.1 Å². The fraction of sp³-hybridized carbons (Fsp3) is 0.364. The Morgan fingerprint density at radius 3 is 2.53 bits per heavy atom. The molecule has 7 nitrogen and oxygen atoms in total. The van der Waals surface area contributed by atoms with Gasteiger partial charge in [0.2, 0.25) is 0 Å². The smallest absolute Gasteiger partial charge is 0.416 e. The lowest BCUT2D eigenvalue weighted by atomic mass is 10.1. The standard InChI is InChI=1S/C22H21F3N2O5S2/c1-31-17-7-6-13(8-18(17)32-2)9-20(28)26-21-27(16-11-34(29,30)12-19(16)33-21)15-5-3-4-14(10-15)22(23,24)25/h3-8,10,16,19H,9,11-12H2,1-2H3. The molecule has 0 bridgehead atoms. The molecule has 2 unspecified atom stereocenters. The lowest BCUT2D eigenvalue weighted by Gasteiger charge is -2.25. The Hall–Kier alpha value is -2.73. The Morgan fingerprint density at radius 2 is 1.85 bits per heavy atom. The van der Waals surface area contributed by atoms with E-state index >= 15 is 0 Å². The maximum absolute atomic E-state index is 13.3. The van der Waals surface area contributed by atoms with Crippen LogP contribution in [0.2, 0.25) is 0 Å². The van der Waals surface area contributed by atoms with Crippen LogP contribution in [0.5, 0.6) is 11.5 Å². The normalized spacial score (nSPS) is 22.6. The summed E-state index contributed by atoms with van der Waals surface area (Å²) >= 11 is 1.10. The molecule has 1 amide bonds. The van der Waals surface area contributed by atoms with E-state index in [-0.39, 0.29) is 28.8 Å². The SMILES string of the molecule is COc1ccc(CC(=O)N=C2SC3CS(=O)(=O)CC3N2c2cccc(C(F)(F)F)c2)cc1OC. The molecule has 2 fully saturated rings. The van der Waals surface area contributed by atoms with Crippen LogP contribution in [-0.2, 0) is 27.2 Å². The second kappa shape index (κ2) is 9.14. The first-order valence-corrected chi connectivity index (χ1v) is 12.9. The molecule has 2 aliphatic heterocycles. The second-order valence-corrected chi connectivity index (χ2v) is 11.2. The summed E-state index contributed by atoms with van der Waals surface area (Å²) in [6, 6.07) is 8.98. The molecule has 0 aromatic heterocycles. The van der Waals surface area contributed by atoms with Gasteiger partial charge in [0.15, 0.2) is 26.5 Å². The molecular weight excluding hydrogens is 493 g/mol. The second-order valence-electron chi connectivity index (χ2n) is 7.87. The third-order valence-electron chi connectivity index (χ3n) is 5.54. The highest BCUT2D eigenvalue weighted by molar-refractivity contribution is 8.16. The number of thioether (sulfide) groups is 1. The number of amides is 1. The Kier molecular flexibility index (Phi) is 6.56. The lowest BCUT2D eigenvalue weighted by molar-refractivity contribution is -0.137. The van der Waals surface area contributed by atoms with E-state index in [4.69, 9.17) is 9.47 Å². The van der Waals surface area contributed by atoms with Crippen LogP contribution < -0.4 is 14.4 Å². The van der Waals surface area contributed by atoms with Crippen LogP contribution in [0.25, 0.3) is 0 Å². The van der Waals surface area contributed by atoms with Gasteiger partial charge in [-0.3, -0.25) is 4.79 Å². The number of halogens is 3. The monoisotopic (exact) mass is 514 g/mol. The maximum atomic E-state index is 13.3. The number of alkyl halides is 3. The van der Waals surface area contributed by atoms with E-state index in [1.807, 2.05) is 0 Å². The van der Waals surface area contributed by atoms with E-state index in [0.29, 0.717) is 17.1 Å². The van der Waals surface area contributed by atoms with Crippen LogP contribution in [-0.4, -0.2) is 56.5 Å². The summed E-state index contributed by atoms with van der Waals surface area (Å²) in [5, 5.41) is -0.234. The molecule has 12 heteroatoms. The lowest BCUT2D eigenvalue weighted by Crippen LogP contribution is -2.38. The Bertz CT molecular complexity index is 1250. The van der Waals surface area contributed by atoms with Gasteiger partial charge in [0.05, 0.1) is 43.8 Å². The van der Waals surface area contributed by atoms with Crippen molar-refractivity contribution in [1.82, 2.24) is 0 Å². The topological polar surface area (TPSA) is 85.3 Å². The summed E-state index contributed by atoms with van der Waals surface area (Å²) in [4.78, 5) is 18.4. The number of benzene rings is 2. The average molecular weight is 515 g/mol. The van der Waals surface area contributed by atoms with Crippen LogP contribution in [0.3, 0.4) is 0 Å². The number of fused-ring (bicyclic) bond motifs is 1. The Labute approximate surface area is 198 Å². The molecule has 4 rings (SSSR count). The number of anilines is 1. The molecular formula is C22H21F3N2O5S2. The largest absolute Gasteiger partial charge is 0.493 e. The summed E-state index contributed by atoms with van der Waals surface area (Å²) in [6.07, 6.45) is -4.64. The molecule has 182 valence electrons. The minimum atomic E-state index is -4.56. The van der Waals surface area contributed by atoms with Crippen molar-refractivity contribution >= 4 is 38.4 Å². The first-order chi connectivity index (χ1) is 16.0. The van der Waals surface area contributed by atoms with E-state index < -0.39 is 38.8 Å². The minimum absolute atomic E-state index is 0.0749. The van der Waals surface area contributed by atoms with Crippen molar-refractivity contribution in [3.05, 3.63) is 53.6 Å². The number of carbonyl (C=O) groups excluding carboxylic acids is 1. The highest BCUT2D eigenvalue weighted by Gasteiger charge is 2.49. The van der Waals surface area contributed by atoms with Gasteiger partial charge >= 0.3 is 6.18 Å². The number of hydrogen-bond acceptors (Lipinski definition) is 6. The number of methoxy groups -OCH3 is 2. The molecule has 2 heterocycles. The van der Waals surface area contributed by atoms with Gasteiger partial charge in [-0.05, 0) is 35.9 Å². The van der Waals surface area contributed by atoms with Crippen molar-refractivity contribution in [2.24, 2.45) is 4.99 Å². The number of hydrogen-bond donors (Lipinski definition) is 0. The highest BCUT2D eigenvalue weighted by Crippen LogP contribution is 2.42. The van der Waals surface area contributed by atoms with Crippen LogP contribution >= 0.6 is 11.8 Å². The molecule has 0 aliphatic carbocycles. The van der Waals surface area contributed by atoms with Crippen molar-refractivity contribution in [3.8, 4) is 11.5 Å². The zero-order valence-electron chi connectivity index (χ0n) is 18.2. The zero-order valence-corrected chi connectivity index (χ0v) is 19.8. The van der Waals surface area contributed by atoms with Gasteiger partial charge < -0.3 is 14.4 Å². The fourth-order valence-electron chi connectivity index (χ4n) is 4.01. The molecule has 0 N–H and O–H groups in total. The fourth-order valence-corrected chi connectivity index (χ4v) is 7.94. The predicted octanol–water partition coefficient (Wildman–Crippen LogP) is 3.57. The summed E-state index contributed by atoms with van der Waals surface area (Å²) in [5.41, 5.74) is -0.108. The summed E-state index contributed by atoms with van der Waals surface area (Å²) in [7, 11) is -0.388. The number of rotatable bonds is 5. The average Bonchev–Trinajstić information content (AvgIpc) is 3.23. The van der Waals surface area contributed by atoms with Gasteiger partial charge in [-0.1, -0.05) is 23.9 Å². The Balaban J connectivity index is 1.65. The van der Waals surface area contributed by atoms with E-state index in [1.54, 1.807) is 18.2 Å². The van der Waals surface area contributed by atoms with Gasteiger partial charge in [-0.25, -0.2) is 8.42 Å². The van der Waals surface area contributed by atoms with Crippen molar-refractivity contribution in [3.63, 3.8) is 0 Å². The third-order valence-corrected chi connectivity index (χ3v) is 8.75. The third kappa shape index (κ3) is 5.02. The van der Waals surface area contributed by atoms with Crippen molar-refractivity contribution < 1.29 is 35.9 Å². The maximum Gasteiger partial charge on any atom is 0.416 e. The number of carbonyl (C=O) groups is 1. The molecule has 2 saturated heterocycles. The van der Waals surface area contributed by atoms with E-state index in [0.717, 1.165) is 23.9 Å². The molecule has 0 saturated carbocycles. The number of amidine groups is 1. The van der Waals surface area contributed by atoms with Crippen molar-refractivity contribution in [2.45, 2.75) is 23.9 Å². The number of aliphatic imine (C=N–C) groups is 1. The number of nitrogens with zero attached hydrogens (tertiary/aromatic N) is 2. The first-order valence-electron chi connectivity index (χ1n) is 10.2. The zero-order chi connectivity index (χ0) is 24.7. The summed E-state index contributed by atoms with van der Waals surface area (Å²) in [6.45, 7) is 0. The van der Waals surface area contributed by atoms with E-state index in [9.17, 15) is 26.4 Å². The van der Waals surface area contributed by atoms with Crippen LogP contribution in [0.15, 0.2) is 47.5 Å². The van der Waals surface area contributed by atoms with Crippen molar-refractivity contribution in [2.75, 3.05) is 30.6 Å². The first kappa shape index (κ1) is 24.4. The van der Waals surface area contributed by atoms with E-state index in [1.165, 1.54) is 31.3 Å². The van der Waals surface area contributed by atoms with Gasteiger partial charge in [-0.15, -0.1) is 0 Å². The van der Waals surface area contributed by atoms with Gasteiger partial charge in [0.25, 0.3) is 5.91 Å². The molecule has 2 aromatic rings. The number of ether oxygens (including phenoxy) is 2. The van der Waals surface area contributed by atoms with Crippen molar-refractivity contribution in [1.29, 1.82) is 0 Å². The van der Waals surface area contributed by atoms with Crippen LogP contribution in [0, 0.1) is 0 Å². The quantitative estimate of drug-likeness (QED) is 0.603. The minimum Gasteiger partial charge on any atom is -0.493 e. The molecule has 2 aliphatic rings. The van der Waals surface area contributed by atoms with Gasteiger partial charge in [0.1, 0.15) is 0 Å². The van der Waals surface area contributed by atoms with Gasteiger partial charge in [-0.2, -0.15) is 18.2 Å². The molecule has 2 aromatic carbocycles. The van der Waals surface area contributed by atoms with Gasteiger partial charge in [0, 0.05) is 10.9 Å². The predicted molar refractivity (Wildman–Crippen MR) is 123 cm³/mol. The summed E-state index contributed by atoms with van der Waals surface area (Å²) < 4.78 is 74.7. The number of sulfone groups is 1. The molecule has 0 spiro atoms. The van der Waals surface area contributed by atoms with Crippen LogP contribution in [0.4, 0.5) is 18.9 Å². The van der Waals surface area contributed by atoms with E-state index in [2.05, 4.69) is 4.99 Å².